The number of hydrogen-bond donors (Lipinski definition) is 1. The lowest BCUT2D eigenvalue weighted by molar-refractivity contribution is -0.120. The molecule has 2 aromatic rings. The Hall–Kier alpha value is -1.35. The van der Waals surface area contributed by atoms with Gasteiger partial charge >= 0.3 is 0 Å². The van der Waals surface area contributed by atoms with Crippen LogP contribution in [-0.2, 0) is 14.8 Å². The summed E-state index contributed by atoms with van der Waals surface area (Å²) in [6, 6.07) is 15.9. The van der Waals surface area contributed by atoms with Crippen LogP contribution < -0.4 is 5.32 Å². The van der Waals surface area contributed by atoms with Crippen molar-refractivity contribution in [3.05, 3.63) is 53.0 Å². The molecule has 0 atom stereocenters. The molecule has 1 N–H and O–H groups in total. The minimum absolute atomic E-state index is 0.0449. The summed E-state index contributed by atoms with van der Waals surface area (Å²) in [6.45, 7) is 0.805. The average molecular weight is 469 g/mol. The fraction of sp³-hybridized carbons (Fsp3) is 0.316. The van der Waals surface area contributed by atoms with Crippen LogP contribution in [0.1, 0.15) is 12.8 Å². The molecule has 0 unspecified atom stereocenters. The SMILES string of the molecule is CS(=O)(=O)N1CCC(C(=O)Nc2ccc(Sc3ccc(Br)cc3)cc2)CC1. The first-order valence-corrected chi connectivity index (χ1v) is 12.1. The fourth-order valence-corrected chi connectivity index (χ4v) is 4.89. The van der Waals surface area contributed by atoms with E-state index in [0.29, 0.717) is 25.9 Å². The van der Waals surface area contributed by atoms with Crippen molar-refractivity contribution in [2.45, 2.75) is 22.6 Å². The molecule has 0 spiro atoms. The summed E-state index contributed by atoms with van der Waals surface area (Å²) in [6.07, 6.45) is 2.31. The molecule has 5 nitrogen and oxygen atoms in total. The first-order valence-electron chi connectivity index (χ1n) is 8.61. The van der Waals surface area contributed by atoms with Crippen LogP contribution in [0.5, 0.6) is 0 Å². The van der Waals surface area contributed by atoms with Crippen LogP contribution in [0.3, 0.4) is 0 Å². The second-order valence-electron chi connectivity index (χ2n) is 6.51. The summed E-state index contributed by atoms with van der Waals surface area (Å²) in [5, 5.41) is 2.94. The Morgan fingerprint density at radius 1 is 1.04 bits per heavy atom. The number of nitrogens with one attached hydrogen (secondary N) is 1. The molecule has 3 rings (SSSR count). The number of benzene rings is 2. The summed E-state index contributed by atoms with van der Waals surface area (Å²) < 4.78 is 25.6. The zero-order valence-electron chi connectivity index (χ0n) is 14.9. The van der Waals surface area contributed by atoms with Gasteiger partial charge in [0.25, 0.3) is 0 Å². The zero-order valence-corrected chi connectivity index (χ0v) is 18.1. The molecule has 0 bridgehead atoms. The molecule has 1 aliphatic rings. The van der Waals surface area contributed by atoms with Crippen molar-refractivity contribution in [2.75, 3.05) is 24.7 Å². The van der Waals surface area contributed by atoms with Crippen LogP contribution >= 0.6 is 27.7 Å². The Bertz CT molecular complexity index is 892. The topological polar surface area (TPSA) is 66.5 Å². The second-order valence-corrected chi connectivity index (χ2v) is 10.6. The molecular formula is C19H21BrN2O3S2. The molecule has 0 radical (unpaired) electrons. The van der Waals surface area contributed by atoms with Gasteiger partial charge in [-0.25, -0.2) is 12.7 Å². The molecule has 1 fully saturated rings. The van der Waals surface area contributed by atoms with Crippen molar-refractivity contribution in [3.63, 3.8) is 0 Å². The van der Waals surface area contributed by atoms with Gasteiger partial charge in [-0.05, 0) is 61.4 Å². The number of rotatable bonds is 5. The number of anilines is 1. The number of amides is 1. The van der Waals surface area contributed by atoms with Gasteiger partial charge in [0.2, 0.25) is 15.9 Å². The highest BCUT2D eigenvalue weighted by atomic mass is 79.9. The zero-order chi connectivity index (χ0) is 19.4. The summed E-state index contributed by atoms with van der Waals surface area (Å²) in [5.74, 6) is -0.198. The molecule has 1 amide bonds. The molecule has 0 aliphatic carbocycles. The van der Waals surface area contributed by atoms with Gasteiger partial charge in [0.1, 0.15) is 0 Å². The highest BCUT2D eigenvalue weighted by Crippen LogP contribution is 2.29. The monoisotopic (exact) mass is 468 g/mol. The molecule has 0 saturated carbocycles. The molecule has 0 aromatic heterocycles. The summed E-state index contributed by atoms with van der Waals surface area (Å²) in [7, 11) is -3.17. The van der Waals surface area contributed by atoms with E-state index in [4.69, 9.17) is 0 Å². The van der Waals surface area contributed by atoms with Crippen LogP contribution in [0.25, 0.3) is 0 Å². The van der Waals surface area contributed by atoms with E-state index < -0.39 is 10.0 Å². The first kappa shape index (κ1) is 20.4. The van der Waals surface area contributed by atoms with Crippen molar-refractivity contribution in [3.8, 4) is 0 Å². The van der Waals surface area contributed by atoms with Gasteiger partial charge in [0.05, 0.1) is 6.26 Å². The maximum absolute atomic E-state index is 12.4. The fourth-order valence-electron chi connectivity index (χ4n) is 2.94. The van der Waals surface area contributed by atoms with Gasteiger partial charge < -0.3 is 5.32 Å². The Balaban J connectivity index is 1.53. The lowest BCUT2D eigenvalue weighted by Gasteiger charge is -2.29. The van der Waals surface area contributed by atoms with Gasteiger partial charge in [0.15, 0.2) is 0 Å². The Morgan fingerprint density at radius 2 is 1.56 bits per heavy atom. The molecule has 2 aromatic carbocycles. The van der Waals surface area contributed by atoms with Crippen molar-refractivity contribution >= 4 is 49.3 Å². The molecular weight excluding hydrogens is 448 g/mol. The average Bonchev–Trinajstić information content (AvgIpc) is 2.64. The summed E-state index contributed by atoms with van der Waals surface area (Å²) >= 11 is 5.09. The predicted molar refractivity (Wildman–Crippen MR) is 112 cm³/mol. The third kappa shape index (κ3) is 5.81. The molecule has 8 heteroatoms. The van der Waals surface area contributed by atoms with Gasteiger partial charge in [-0.1, -0.05) is 27.7 Å². The van der Waals surface area contributed by atoms with Crippen molar-refractivity contribution < 1.29 is 13.2 Å². The highest BCUT2D eigenvalue weighted by Gasteiger charge is 2.28. The highest BCUT2D eigenvalue weighted by molar-refractivity contribution is 9.10. The van der Waals surface area contributed by atoms with Crippen LogP contribution in [-0.4, -0.2) is 38.0 Å². The van der Waals surface area contributed by atoms with Crippen molar-refractivity contribution in [1.82, 2.24) is 4.31 Å². The first-order chi connectivity index (χ1) is 12.8. The number of sulfonamides is 1. The third-order valence-corrected chi connectivity index (χ3v) is 7.31. The van der Waals surface area contributed by atoms with E-state index in [1.54, 1.807) is 11.8 Å². The Kier molecular flexibility index (Phi) is 6.62. The number of piperidine rings is 1. The van der Waals surface area contributed by atoms with Gasteiger partial charge in [-0.2, -0.15) is 0 Å². The van der Waals surface area contributed by atoms with E-state index in [1.807, 2.05) is 48.5 Å². The number of hydrogen-bond acceptors (Lipinski definition) is 4. The number of nitrogens with zero attached hydrogens (tertiary/aromatic N) is 1. The minimum Gasteiger partial charge on any atom is -0.326 e. The van der Waals surface area contributed by atoms with E-state index in [1.165, 1.54) is 10.6 Å². The molecule has 144 valence electrons. The Labute approximate surface area is 172 Å². The summed E-state index contributed by atoms with van der Waals surface area (Å²) in [5.41, 5.74) is 0.755. The van der Waals surface area contributed by atoms with Crippen LogP contribution in [0.2, 0.25) is 0 Å². The van der Waals surface area contributed by atoms with E-state index >= 15 is 0 Å². The smallest absolute Gasteiger partial charge is 0.227 e. The van der Waals surface area contributed by atoms with E-state index in [-0.39, 0.29) is 11.8 Å². The van der Waals surface area contributed by atoms with E-state index in [0.717, 1.165) is 20.0 Å². The lowest BCUT2D eigenvalue weighted by atomic mass is 9.97. The lowest BCUT2D eigenvalue weighted by Crippen LogP contribution is -2.40. The van der Waals surface area contributed by atoms with Gasteiger partial charge in [0, 0.05) is 39.0 Å². The van der Waals surface area contributed by atoms with E-state index in [2.05, 4.69) is 21.2 Å². The van der Waals surface area contributed by atoms with Crippen LogP contribution in [0, 0.1) is 5.92 Å². The minimum atomic E-state index is -3.17. The van der Waals surface area contributed by atoms with Crippen molar-refractivity contribution in [2.24, 2.45) is 5.92 Å². The number of carbonyl (C=O) groups excluding carboxylic acids is 1. The second kappa shape index (κ2) is 8.77. The molecule has 1 aliphatic heterocycles. The number of halogens is 1. The quantitative estimate of drug-likeness (QED) is 0.713. The predicted octanol–water partition coefficient (Wildman–Crippen LogP) is 4.21. The Morgan fingerprint density at radius 3 is 2.07 bits per heavy atom. The van der Waals surface area contributed by atoms with Gasteiger partial charge in [-0.15, -0.1) is 0 Å². The maximum atomic E-state index is 12.4. The van der Waals surface area contributed by atoms with Crippen LogP contribution in [0.15, 0.2) is 62.8 Å². The molecule has 1 heterocycles. The van der Waals surface area contributed by atoms with Crippen molar-refractivity contribution in [1.29, 1.82) is 0 Å². The molecule has 27 heavy (non-hydrogen) atoms. The largest absolute Gasteiger partial charge is 0.326 e. The maximum Gasteiger partial charge on any atom is 0.227 e. The number of carbonyl (C=O) groups is 1. The molecule has 1 saturated heterocycles. The standard InChI is InChI=1S/C19H21BrN2O3S2/c1-27(24,25)22-12-10-14(11-13-22)19(23)21-16-4-8-18(9-5-16)26-17-6-2-15(20)3-7-17/h2-9,14H,10-13H2,1H3,(H,21,23). The van der Waals surface area contributed by atoms with Gasteiger partial charge in [-0.3, -0.25) is 4.79 Å². The summed E-state index contributed by atoms with van der Waals surface area (Å²) in [4.78, 5) is 14.7. The normalized spacial score (nSPS) is 16.2. The van der Waals surface area contributed by atoms with E-state index in [9.17, 15) is 13.2 Å². The van der Waals surface area contributed by atoms with Crippen LogP contribution in [0.4, 0.5) is 5.69 Å². The third-order valence-electron chi connectivity index (χ3n) is 4.46.